The number of carbonyl (C=O) groups is 1. The van der Waals surface area contributed by atoms with Gasteiger partial charge in [0.25, 0.3) is 5.91 Å². The second kappa shape index (κ2) is 8.91. The van der Waals surface area contributed by atoms with E-state index in [0.717, 1.165) is 37.1 Å². The van der Waals surface area contributed by atoms with Gasteiger partial charge >= 0.3 is 0 Å². The summed E-state index contributed by atoms with van der Waals surface area (Å²) in [6.45, 7) is 4.78. The van der Waals surface area contributed by atoms with Crippen molar-refractivity contribution in [3.05, 3.63) is 62.9 Å². The van der Waals surface area contributed by atoms with Gasteiger partial charge in [0, 0.05) is 17.8 Å². The number of nitrogens with zero attached hydrogens (tertiary/aromatic N) is 3. The van der Waals surface area contributed by atoms with Gasteiger partial charge in [-0.05, 0) is 57.6 Å². The number of hydrogen-bond acceptors (Lipinski definition) is 4. The maximum absolute atomic E-state index is 12.7. The van der Waals surface area contributed by atoms with Crippen molar-refractivity contribution in [1.29, 1.82) is 0 Å². The monoisotopic (exact) mass is 408 g/mol. The minimum Gasteiger partial charge on any atom is -0.352 e. The molecular formula is C23H28N4OS. The lowest BCUT2D eigenvalue weighted by Crippen LogP contribution is -2.25. The fraction of sp³-hybridized carbons (Fsp3) is 0.435. The van der Waals surface area contributed by atoms with E-state index < -0.39 is 0 Å². The van der Waals surface area contributed by atoms with Crippen LogP contribution in [0.5, 0.6) is 0 Å². The standard InChI is InChI=1S/C23H28N4OS/c1-3-20-18(15-25-27(20)17-12-10-16(2)11-13-17)23(28)24-14-6-9-22-26-19-7-4-5-8-21(19)29-22/h10-13,15H,3-9,14H2,1-2H3,(H,24,28). The molecule has 2 aromatic heterocycles. The van der Waals surface area contributed by atoms with Gasteiger partial charge in [0.05, 0.1) is 33.8 Å². The molecule has 1 aliphatic rings. The third kappa shape index (κ3) is 4.42. The van der Waals surface area contributed by atoms with Crippen LogP contribution in [0.15, 0.2) is 30.5 Å². The van der Waals surface area contributed by atoms with Gasteiger partial charge in [-0.25, -0.2) is 9.67 Å². The number of thiazole rings is 1. The lowest BCUT2D eigenvalue weighted by molar-refractivity contribution is 0.0952. The number of hydrogen-bond donors (Lipinski definition) is 1. The number of fused-ring (bicyclic) bond motifs is 1. The average molecular weight is 409 g/mol. The molecule has 2 heterocycles. The number of aromatic nitrogens is 3. The summed E-state index contributed by atoms with van der Waals surface area (Å²) in [5, 5.41) is 8.75. The highest BCUT2D eigenvalue weighted by atomic mass is 32.1. The topological polar surface area (TPSA) is 59.8 Å². The number of aryl methyl sites for hydroxylation is 4. The van der Waals surface area contributed by atoms with E-state index in [0.29, 0.717) is 12.1 Å². The van der Waals surface area contributed by atoms with Gasteiger partial charge in [-0.2, -0.15) is 5.10 Å². The van der Waals surface area contributed by atoms with E-state index in [9.17, 15) is 4.79 Å². The summed E-state index contributed by atoms with van der Waals surface area (Å²) in [6, 6.07) is 8.20. The Labute approximate surface area is 176 Å². The maximum atomic E-state index is 12.7. The van der Waals surface area contributed by atoms with Crippen LogP contribution in [0.1, 0.15) is 63.4 Å². The normalized spacial score (nSPS) is 13.3. The van der Waals surface area contributed by atoms with Crippen molar-refractivity contribution >= 4 is 17.2 Å². The second-order valence-corrected chi connectivity index (χ2v) is 8.82. The summed E-state index contributed by atoms with van der Waals surface area (Å²) in [5.74, 6) is -0.0429. The van der Waals surface area contributed by atoms with Crippen LogP contribution in [0, 0.1) is 6.92 Å². The fourth-order valence-corrected chi connectivity index (χ4v) is 5.06. The lowest BCUT2D eigenvalue weighted by Gasteiger charge is -2.09. The minimum absolute atomic E-state index is 0.0429. The van der Waals surface area contributed by atoms with Crippen LogP contribution in [0.3, 0.4) is 0 Å². The maximum Gasteiger partial charge on any atom is 0.254 e. The minimum atomic E-state index is -0.0429. The van der Waals surface area contributed by atoms with E-state index in [-0.39, 0.29) is 5.91 Å². The van der Waals surface area contributed by atoms with Gasteiger partial charge in [0.15, 0.2) is 0 Å². The predicted molar refractivity (Wildman–Crippen MR) is 117 cm³/mol. The molecule has 1 aromatic carbocycles. The van der Waals surface area contributed by atoms with Gasteiger partial charge in [-0.15, -0.1) is 11.3 Å². The van der Waals surface area contributed by atoms with Gasteiger partial charge < -0.3 is 5.32 Å². The summed E-state index contributed by atoms with van der Waals surface area (Å²) in [6.07, 6.45) is 9.15. The molecule has 0 atom stereocenters. The Hall–Kier alpha value is -2.47. The van der Waals surface area contributed by atoms with Crippen LogP contribution in [-0.4, -0.2) is 27.2 Å². The second-order valence-electron chi connectivity index (χ2n) is 7.65. The molecule has 4 rings (SSSR count). The average Bonchev–Trinajstić information content (AvgIpc) is 3.35. The van der Waals surface area contributed by atoms with Crippen molar-refractivity contribution in [2.24, 2.45) is 0 Å². The first-order valence-corrected chi connectivity index (χ1v) is 11.4. The predicted octanol–water partition coefficient (Wildman–Crippen LogP) is 4.44. The molecule has 5 nitrogen and oxygen atoms in total. The molecule has 0 saturated heterocycles. The number of carbonyl (C=O) groups excluding carboxylic acids is 1. The SMILES string of the molecule is CCc1c(C(=O)NCCCc2nc3c(s2)CCCC3)cnn1-c1ccc(C)cc1. The van der Waals surface area contributed by atoms with E-state index in [1.165, 1.54) is 40.4 Å². The van der Waals surface area contributed by atoms with E-state index in [4.69, 9.17) is 4.98 Å². The van der Waals surface area contributed by atoms with Crippen molar-refractivity contribution in [2.75, 3.05) is 6.54 Å². The smallest absolute Gasteiger partial charge is 0.254 e. The first-order chi connectivity index (χ1) is 14.2. The molecule has 0 radical (unpaired) electrons. The van der Waals surface area contributed by atoms with Gasteiger partial charge in [-0.1, -0.05) is 24.6 Å². The zero-order valence-corrected chi connectivity index (χ0v) is 18.0. The number of nitrogens with one attached hydrogen (secondary N) is 1. The molecule has 0 bridgehead atoms. The number of amides is 1. The highest BCUT2D eigenvalue weighted by molar-refractivity contribution is 7.11. The summed E-state index contributed by atoms with van der Waals surface area (Å²) in [7, 11) is 0. The summed E-state index contributed by atoms with van der Waals surface area (Å²) in [4.78, 5) is 19.0. The Bertz CT molecular complexity index is 963. The zero-order chi connectivity index (χ0) is 20.2. The molecule has 0 spiro atoms. The highest BCUT2D eigenvalue weighted by Gasteiger charge is 2.17. The first kappa shape index (κ1) is 19.8. The molecule has 1 amide bonds. The fourth-order valence-electron chi connectivity index (χ4n) is 3.86. The third-order valence-electron chi connectivity index (χ3n) is 5.47. The molecular weight excluding hydrogens is 380 g/mol. The Balaban J connectivity index is 1.35. The zero-order valence-electron chi connectivity index (χ0n) is 17.2. The number of rotatable bonds is 7. The van der Waals surface area contributed by atoms with Crippen LogP contribution < -0.4 is 5.32 Å². The first-order valence-electron chi connectivity index (χ1n) is 10.5. The molecule has 0 unspecified atom stereocenters. The quantitative estimate of drug-likeness (QED) is 0.588. The molecule has 6 heteroatoms. The van der Waals surface area contributed by atoms with E-state index in [1.54, 1.807) is 6.20 Å². The van der Waals surface area contributed by atoms with E-state index in [2.05, 4.69) is 36.4 Å². The largest absolute Gasteiger partial charge is 0.352 e. The molecule has 1 N–H and O–H groups in total. The summed E-state index contributed by atoms with van der Waals surface area (Å²) >= 11 is 1.86. The summed E-state index contributed by atoms with van der Waals surface area (Å²) < 4.78 is 1.87. The van der Waals surface area contributed by atoms with Crippen LogP contribution >= 0.6 is 11.3 Å². The van der Waals surface area contributed by atoms with E-state index >= 15 is 0 Å². The molecule has 1 aliphatic carbocycles. The van der Waals surface area contributed by atoms with Crippen LogP contribution in [-0.2, 0) is 25.7 Å². The Kier molecular flexibility index (Phi) is 6.09. The number of benzene rings is 1. The van der Waals surface area contributed by atoms with Gasteiger partial charge in [0.2, 0.25) is 0 Å². The lowest BCUT2D eigenvalue weighted by atomic mass is 10.0. The van der Waals surface area contributed by atoms with Crippen molar-refractivity contribution < 1.29 is 4.79 Å². The van der Waals surface area contributed by atoms with Crippen molar-refractivity contribution in [1.82, 2.24) is 20.1 Å². The highest BCUT2D eigenvalue weighted by Crippen LogP contribution is 2.27. The Morgan fingerprint density at radius 1 is 1.21 bits per heavy atom. The van der Waals surface area contributed by atoms with Crippen molar-refractivity contribution in [3.8, 4) is 5.69 Å². The molecule has 3 aromatic rings. The molecule has 29 heavy (non-hydrogen) atoms. The molecule has 0 saturated carbocycles. The van der Waals surface area contributed by atoms with Crippen LogP contribution in [0.25, 0.3) is 5.69 Å². The Morgan fingerprint density at radius 3 is 2.76 bits per heavy atom. The van der Waals surface area contributed by atoms with Crippen LogP contribution in [0.4, 0.5) is 0 Å². The molecule has 0 aliphatic heterocycles. The molecule has 0 fully saturated rings. The van der Waals surface area contributed by atoms with Crippen molar-refractivity contribution in [2.45, 2.75) is 58.8 Å². The van der Waals surface area contributed by atoms with Crippen molar-refractivity contribution in [3.63, 3.8) is 0 Å². The van der Waals surface area contributed by atoms with E-state index in [1.807, 2.05) is 28.2 Å². The summed E-state index contributed by atoms with van der Waals surface area (Å²) in [5.41, 5.74) is 5.12. The van der Waals surface area contributed by atoms with Gasteiger partial charge in [0.1, 0.15) is 0 Å². The Morgan fingerprint density at radius 2 is 2.00 bits per heavy atom. The van der Waals surface area contributed by atoms with Crippen LogP contribution in [0.2, 0.25) is 0 Å². The van der Waals surface area contributed by atoms with Gasteiger partial charge in [-0.3, -0.25) is 4.79 Å². The molecule has 152 valence electrons. The third-order valence-corrected chi connectivity index (χ3v) is 6.69.